The van der Waals surface area contributed by atoms with E-state index in [0.29, 0.717) is 14.8 Å². The summed E-state index contributed by atoms with van der Waals surface area (Å²) in [6.07, 6.45) is 0. The second kappa shape index (κ2) is 8.40. The van der Waals surface area contributed by atoms with Gasteiger partial charge >= 0.3 is 5.69 Å². The fourth-order valence-corrected chi connectivity index (χ4v) is 3.72. The molecule has 0 saturated carbocycles. The first-order chi connectivity index (χ1) is 13.3. The van der Waals surface area contributed by atoms with Crippen LogP contribution in [0.4, 0.5) is 4.39 Å². The number of aryl methyl sites for hydroxylation is 1. The van der Waals surface area contributed by atoms with Gasteiger partial charge in [0.25, 0.3) is 5.56 Å². The van der Waals surface area contributed by atoms with Crippen LogP contribution in [0.1, 0.15) is 28.4 Å². The highest BCUT2D eigenvalue weighted by molar-refractivity contribution is 14.1. The molecule has 0 spiro atoms. The Hall–Kier alpha value is -2.26. The number of hydrogen-bond acceptors (Lipinski definition) is 3. The minimum absolute atomic E-state index is 0.0498. The SMILES string of the molecule is Cc1cccc(F)c1Cn1c(C)c(I)c(=O)n(C[C@H](N)c2ccccc2)c1=O. The zero-order chi connectivity index (χ0) is 20.4. The zero-order valence-electron chi connectivity index (χ0n) is 15.7. The molecule has 0 bridgehead atoms. The Labute approximate surface area is 175 Å². The molecule has 0 aliphatic heterocycles. The Bertz CT molecular complexity index is 1100. The van der Waals surface area contributed by atoms with Crippen LogP contribution in [0.25, 0.3) is 0 Å². The molecule has 146 valence electrons. The van der Waals surface area contributed by atoms with Crippen molar-refractivity contribution in [3.8, 4) is 0 Å². The van der Waals surface area contributed by atoms with Gasteiger partial charge in [-0.25, -0.2) is 9.18 Å². The highest BCUT2D eigenvalue weighted by Crippen LogP contribution is 2.16. The first-order valence-electron chi connectivity index (χ1n) is 8.85. The van der Waals surface area contributed by atoms with E-state index in [0.717, 1.165) is 15.7 Å². The Morgan fingerprint density at radius 1 is 1.04 bits per heavy atom. The molecule has 5 nitrogen and oxygen atoms in total. The van der Waals surface area contributed by atoms with Crippen LogP contribution in [0, 0.1) is 23.2 Å². The van der Waals surface area contributed by atoms with E-state index in [9.17, 15) is 14.0 Å². The summed E-state index contributed by atoms with van der Waals surface area (Å²) >= 11 is 1.93. The van der Waals surface area contributed by atoms with Crippen LogP contribution >= 0.6 is 22.6 Å². The van der Waals surface area contributed by atoms with Crippen LogP contribution < -0.4 is 17.0 Å². The standard InChI is InChI=1S/C21H21FIN3O2/c1-13-7-6-10-17(22)16(13)11-25-14(2)19(23)20(27)26(21(25)28)12-18(24)15-8-4-3-5-9-15/h3-10,18H,11-12,24H2,1-2H3/t18-/m0/s1. The van der Waals surface area contributed by atoms with Gasteiger partial charge in [-0.15, -0.1) is 0 Å². The van der Waals surface area contributed by atoms with Gasteiger partial charge in [0.15, 0.2) is 0 Å². The highest BCUT2D eigenvalue weighted by Gasteiger charge is 2.18. The Morgan fingerprint density at radius 3 is 2.36 bits per heavy atom. The van der Waals surface area contributed by atoms with Gasteiger partial charge in [0.05, 0.1) is 16.7 Å². The van der Waals surface area contributed by atoms with Crippen LogP contribution in [0.2, 0.25) is 0 Å². The maximum Gasteiger partial charge on any atom is 0.331 e. The van der Waals surface area contributed by atoms with Gasteiger partial charge in [0.1, 0.15) is 5.82 Å². The van der Waals surface area contributed by atoms with Gasteiger partial charge in [-0.3, -0.25) is 13.9 Å². The summed E-state index contributed by atoms with van der Waals surface area (Å²) in [5.74, 6) is -0.375. The topological polar surface area (TPSA) is 70.0 Å². The second-order valence-corrected chi connectivity index (χ2v) is 7.82. The van der Waals surface area contributed by atoms with Crippen molar-refractivity contribution in [2.24, 2.45) is 5.73 Å². The maximum atomic E-state index is 14.3. The molecule has 0 radical (unpaired) electrons. The van der Waals surface area contributed by atoms with Crippen LogP contribution in [0.15, 0.2) is 58.1 Å². The summed E-state index contributed by atoms with van der Waals surface area (Å²) < 4.78 is 17.3. The van der Waals surface area contributed by atoms with Crippen LogP contribution in [0.3, 0.4) is 0 Å². The molecule has 1 atom stereocenters. The number of rotatable bonds is 5. The number of nitrogens with zero attached hydrogens (tertiary/aromatic N) is 2. The van der Waals surface area contributed by atoms with Crippen LogP contribution in [-0.4, -0.2) is 9.13 Å². The Morgan fingerprint density at radius 2 is 1.71 bits per heavy atom. The van der Waals surface area contributed by atoms with Crippen molar-refractivity contribution in [2.45, 2.75) is 33.0 Å². The molecule has 0 unspecified atom stereocenters. The van der Waals surface area contributed by atoms with Crippen molar-refractivity contribution in [3.63, 3.8) is 0 Å². The third-order valence-corrected chi connectivity index (χ3v) is 6.14. The second-order valence-electron chi connectivity index (χ2n) is 6.74. The molecule has 0 amide bonds. The lowest BCUT2D eigenvalue weighted by atomic mass is 10.1. The zero-order valence-corrected chi connectivity index (χ0v) is 17.8. The average molecular weight is 493 g/mol. The minimum atomic E-state index is -0.506. The van der Waals surface area contributed by atoms with Crippen LogP contribution in [-0.2, 0) is 13.1 Å². The van der Waals surface area contributed by atoms with Crippen molar-refractivity contribution in [3.05, 3.63) is 101 Å². The van der Waals surface area contributed by atoms with E-state index in [2.05, 4.69) is 0 Å². The molecule has 1 aromatic heterocycles. The van der Waals surface area contributed by atoms with E-state index >= 15 is 0 Å². The fourth-order valence-electron chi connectivity index (χ4n) is 3.14. The minimum Gasteiger partial charge on any atom is -0.322 e. The van der Waals surface area contributed by atoms with Gasteiger partial charge < -0.3 is 5.73 Å². The number of halogens is 2. The van der Waals surface area contributed by atoms with Gasteiger partial charge in [-0.2, -0.15) is 0 Å². The molecule has 0 aliphatic rings. The molecule has 2 N–H and O–H groups in total. The maximum absolute atomic E-state index is 14.3. The molecule has 28 heavy (non-hydrogen) atoms. The monoisotopic (exact) mass is 493 g/mol. The summed E-state index contributed by atoms with van der Waals surface area (Å²) in [5.41, 5.74) is 7.90. The quantitative estimate of drug-likeness (QED) is 0.556. The van der Waals surface area contributed by atoms with Gasteiger partial charge in [-0.1, -0.05) is 42.5 Å². The molecule has 1 heterocycles. The number of nitrogens with two attached hydrogens (primary N) is 1. The van der Waals surface area contributed by atoms with E-state index in [1.54, 1.807) is 26.0 Å². The molecule has 2 aromatic carbocycles. The third-order valence-electron chi connectivity index (χ3n) is 4.89. The molecule has 0 fully saturated rings. The summed E-state index contributed by atoms with van der Waals surface area (Å²) in [7, 11) is 0. The normalized spacial score (nSPS) is 12.2. The lowest BCUT2D eigenvalue weighted by Gasteiger charge is -2.19. The Balaban J connectivity index is 2.08. The first kappa shape index (κ1) is 20.5. The van der Waals surface area contributed by atoms with Gasteiger partial charge in [-0.05, 0) is 53.6 Å². The van der Waals surface area contributed by atoms with Crippen molar-refractivity contribution in [1.29, 1.82) is 0 Å². The third kappa shape index (κ3) is 3.95. The van der Waals surface area contributed by atoms with Crippen molar-refractivity contribution in [1.82, 2.24) is 9.13 Å². The van der Waals surface area contributed by atoms with Crippen molar-refractivity contribution in [2.75, 3.05) is 0 Å². The molecule has 7 heteroatoms. The largest absolute Gasteiger partial charge is 0.331 e. The lowest BCUT2D eigenvalue weighted by molar-refractivity contribution is 0.498. The van der Waals surface area contributed by atoms with E-state index < -0.39 is 11.7 Å². The fraction of sp³-hybridized carbons (Fsp3) is 0.238. The first-order valence-corrected chi connectivity index (χ1v) is 9.93. The molecular formula is C21H21FIN3O2. The predicted molar refractivity (Wildman–Crippen MR) is 116 cm³/mol. The average Bonchev–Trinajstić information content (AvgIpc) is 2.69. The lowest BCUT2D eigenvalue weighted by Crippen LogP contribution is -2.44. The summed E-state index contributed by atoms with van der Waals surface area (Å²) in [6.45, 7) is 3.60. The number of hydrogen-bond donors (Lipinski definition) is 1. The van der Waals surface area contributed by atoms with Gasteiger partial charge in [0.2, 0.25) is 0 Å². The van der Waals surface area contributed by atoms with Gasteiger partial charge in [0, 0.05) is 17.3 Å². The number of aromatic nitrogens is 2. The summed E-state index contributed by atoms with van der Waals surface area (Å²) in [4.78, 5) is 25.8. The smallest absolute Gasteiger partial charge is 0.322 e. The Kier molecular flexibility index (Phi) is 6.14. The van der Waals surface area contributed by atoms with E-state index in [1.165, 1.54) is 10.6 Å². The predicted octanol–water partition coefficient (Wildman–Crippen LogP) is 3.12. The highest BCUT2D eigenvalue weighted by atomic mass is 127. The van der Waals surface area contributed by atoms with Crippen molar-refractivity contribution >= 4 is 22.6 Å². The number of benzene rings is 2. The molecular weight excluding hydrogens is 472 g/mol. The summed E-state index contributed by atoms with van der Waals surface area (Å²) in [6, 6.07) is 13.6. The van der Waals surface area contributed by atoms with Crippen molar-refractivity contribution < 1.29 is 4.39 Å². The van der Waals surface area contributed by atoms with E-state index in [-0.39, 0.29) is 24.5 Å². The van der Waals surface area contributed by atoms with Crippen LogP contribution in [0.5, 0.6) is 0 Å². The molecule has 3 aromatic rings. The van der Waals surface area contributed by atoms with E-state index in [4.69, 9.17) is 5.73 Å². The summed E-state index contributed by atoms with van der Waals surface area (Å²) in [5, 5.41) is 0. The molecule has 0 saturated heterocycles. The van der Waals surface area contributed by atoms with E-state index in [1.807, 2.05) is 52.9 Å². The molecule has 0 aliphatic carbocycles. The molecule has 3 rings (SSSR count).